The second-order valence-corrected chi connectivity index (χ2v) is 10.0. The van der Waals surface area contributed by atoms with E-state index in [9.17, 15) is 13.2 Å². The number of sulfonamides is 1. The first kappa shape index (κ1) is 21.5. The van der Waals surface area contributed by atoms with Crippen molar-refractivity contribution in [2.24, 2.45) is 0 Å². The van der Waals surface area contributed by atoms with Gasteiger partial charge in [-0.25, -0.2) is 8.42 Å². The zero-order chi connectivity index (χ0) is 21.3. The Labute approximate surface area is 174 Å². The monoisotopic (exact) mass is 414 g/mol. The van der Waals surface area contributed by atoms with Gasteiger partial charge >= 0.3 is 0 Å². The maximum atomic E-state index is 13.0. The van der Waals surface area contributed by atoms with Crippen LogP contribution in [0, 0.1) is 27.7 Å². The Kier molecular flexibility index (Phi) is 6.15. The molecule has 1 amide bonds. The number of carbonyl (C=O) groups excluding carboxylic acids is 1. The van der Waals surface area contributed by atoms with Crippen LogP contribution in [0.4, 0.5) is 0 Å². The minimum Gasteiger partial charge on any atom is -0.345 e. The van der Waals surface area contributed by atoms with Crippen molar-refractivity contribution >= 4 is 15.9 Å². The smallest absolute Gasteiger partial charge is 0.252 e. The molecular weight excluding hydrogens is 384 g/mol. The molecule has 0 aromatic heterocycles. The second-order valence-electron chi connectivity index (χ2n) is 8.08. The van der Waals surface area contributed by atoms with E-state index in [-0.39, 0.29) is 16.8 Å². The standard InChI is InChI=1S/C23H30N2O3S/c1-15-8-9-20(29(27,28)25-10-6-7-11-25)14-22(15)23(26)24-19(5)21-13-17(3)16(2)12-18(21)4/h8-9,12-14,19H,6-7,10-11H2,1-5H3,(H,24,26)/t19-/m0/s1. The predicted octanol–water partition coefficient (Wildman–Crippen LogP) is 4.20. The fraction of sp³-hybridized carbons (Fsp3) is 0.435. The van der Waals surface area contributed by atoms with Crippen molar-refractivity contribution in [3.63, 3.8) is 0 Å². The number of carbonyl (C=O) groups is 1. The highest BCUT2D eigenvalue weighted by Gasteiger charge is 2.28. The van der Waals surface area contributed by atoms with E-state index in [1.165, 1.54) is 21.5 Å². The van der Waals surface area contributed by atoms with Gasteiger partial charge in [0.15, 0.2) is 0 Å². The molecule has 0 spiro atoms. The van der Waals surface area contributed by atoms with E-state index in [0.717, 1.165) is 29.5 Å². The Morgan fingerprint density at radius 3 is 2.21 bits per heavy atom. The van der Waals surface area contributed by atoms with E-state index in [2.05, 4.69) is 31.3 Å². The quantitative estimate of drug-likeness (QED) is 0.797. The molecule has 0 bridgehead atoms. The molecule has 156 valence electrons. The molecule has 29 heavy (non-hydrogen) atoms. The number of hydrogen-bond donors (Lipinski definition) is 1. The molecule has 1 N–H and O–H groups in total. The van der Waals surface area contributed by atoms with Crippen molar-refractivity contribution in [1.29, 1.82) is 0 Å². The van der Waals surface area contributed by atoms with Crippen molar-refractivity contribution in [2.75, 3.05) is 13.1 Å². The highest BCUT2D eigenvalue weighted by molar-refractivity contribution is 7.89. The lowest BCUT2D eigenvalue weighted by Gasteiger charge is -2.20. The van der Waals surface area contributed by atoms with E-state index in [4.69, 9.17) is 0 Å². The van der Waals surface area contributed by atoms with E-state index in [0.29, 0.717) is 18.7 Å². The largest absolute Gasteiger partial charge is 0.345 e. The van der Waals surface area contributed by atoms with Gasteiger partial charge in [-0.2, -0.15) is 4.31 Å². The topological polar surface area (TPSA) is 66.5 Å². The molecule has 1 atom stereocenters. The molecule has 2 aromatic carbocycles. The highest BCUT2D eigenvalue weighted by atomic mass is 32.2. The molecule has 1 aliphatic heterocycles. The Balaban J connectivity index is 1.87. The minimum atomic E-state index is -3.56. The maximum absolute atomic E-state index is 13.0. The first-order valence-electron chi connectivity index (χ1n) is 10.1. The minimum absolute atomic E-state index is 0.181. The number of benzene rings is 2. The summed E-state index contributed by atoms with van der Waals surface area (Å²) >= 11 is 0. The Bertz CT molecular complexity index is 1040. The molecule has 1 heterocycles. The average molecular weight is 415 g/mol. The molecule has 0 unspecified atom stereocenters. The van der Waals surface area contributed by atoms with Crippen LogP contribution in [0.1, 0.15) is 64.0 Å². The van der Waals surface area contributed by atoms with Gasteiger partial charge in [0, 0.05) is 18.7 Å². The molecule has 1 aliphatic rings. The van der Waals surface area contributed by atoms with Gasteiger partial charge in [-0.1, -0.05) is 18.2 Å². The van der Waals surface area contributed by atoms with Crippen molar-refractivity contribution in [2.45, 2.75) is 58.4 Å². The van der Waals surface area contributed by atoms with Crippen LogP contribution in [-0.4, -0.2) is 31.7 Å². The summed E-state index contributed by atoms with van der Waals surface area (Å²) in [6, 6.07) is 8.87. The third-order valence-corrected chi connectivity index (χ3v) is 7.75. The molecule has 6 heteroatoms. The summed E-state index contributed by atoms with van der Waals surface area (Å²) in [6.45, 7) is 11.0. The zero-order valence-electron chi connectivity index (χ0n) is 17.9. The molecule has 1 fully saturated rings. The summed E-state index contributed by atoms with van der Waals surface area (Å²) in [5.74, 6) is -0.258. The lowest BCUT2D eigenvalue weighted by atomic mass is 9.96. The van der Waals surface area contributed by atoms with Crippen LogP contribution in [0.25, 0.3) is 0 Å². The second kappa shape index (κ2) is 8.28. The third kappa shape index (κ3) is 4.38. The SMILES string of the molecule is Cc1cc(C)c([C@H](C)NC(=O)c2cc(S(=O)(=O)N3CCCC3)ccc2C)cc1C. The van der Waals surface area contributed by atoms with E-state index in [1.807, 2.05) is 20.8 Å². The van der Waals surface area contributed by atoms with Gasteiger partial charge in [-0.3, -0.25) is 4.79 Å². The molecule has 0 saturated carbocycles. The number of nitrogens with one attached hydrogen (secondary N) is 1. The van der Waals surface area contributed by atoms with Crippen LogP contribution >= 0.6 is 0 Å². The number of hydrogen-bond acceptors (Lipinski definition) is 3. The summed E-state index contributed by atoms with van der Waals surface area (Å²) in [6.07, 6.45) is 1.76. The van der Waals surface area contributed by atoms with Crippen LogP contribution in [0.5, 0.6) is 0 Å². The Morgan fingerprint density at radius 2 is 1.55 bits per heavy atom. The van der Waals surface area contributed by atoms with Crippen molar-refractivity contribution in [3.05, 3.63) is 63.7 Å². The van der Waals surface area contributed by atoms with Gasteiger partial charge in [0.1, 0.15) is 0 Å². The van der Waals surface area contributed by atoms with Crippen molar-refractivity contribution in [1.82, 2.24) is 9.62 Å². The highest BCUT2D eigenvalue weighted by Crippen LogP contribution is 2.25. The molecule has 0 radical (unpaired) electrons. The lowest BCUT2D eigenvalue weighted by Crippen LogP contribution is -2.30. The fourth-order valence-electron chi connectivity index (χ4n) is 3.89. The van der Waals surface area contributed by atoms with E-state index in [1.54, 1.807) is 12.1 Å². The lowest BCUT2D eigenvalue weighted by molar-refractivity contribution is 0.0939. The summed E-state index contributed by atoms with van der Waals surface area (Å²) in [7, 11) is -3.56. The van der Waals surface area contributed by atoms with E-state index < -0.39 is 10.0 Å². The third-order valence-electron chi connectivity index (χ3n) is 5.85. The van der Waals surface area contributed by atoms with Crippen LogP contribution in [0.15, 0.2) is 35.2 Å². The van der Waals surface area contributed by atoms with Crippen LogP contribution in [0.3, 0.4) is 0 Å². The zero-order valence-corrected chi connectivity index (χ0v) is 18.7. The van der Waals surface area contributed by atoms with Gasteiger partial charge < -0.3 is 5.32 Å². The van der Waals surface area contributed by atoms with Crippen molar-refractivity contribution in [3.8, 4) is 0 Å². The normalized spacial score (nSPS) is 16.0. The van der Waals surface area contributed by atoms with Crippen LogP contribution in [-0.2, 0) is 10.0 Å². The van der Waals surface area contributed by atoms with Gasteiger partial charge in [0.2, 0.25) is 10.0 Å². The first-order valence-corrected chi connectivity index (χ1v) is 11.5. The number of aryl methyl sites for hydroxylation is 4. The first-order chi connectivity index (χ1) is 13.6. The number of amides is 1. The van der Waals surface area contributed by atoms with Crippen LogP contribution in [0.2, 0.25) is 0 Å². The van der Waals surface area contributed by atoms with Gasteiger partial charge in [0.05, 0.1) is 10.9 Å². The average Bonchev–Trinajstić information content (AvgIpc) is 3.20. The van der Waals surface area contributed by atoms with Gasteiger partial charge in [0.25, 0.3) is 5.91 Å². The Hall–Kier alpha value is -2.18. The fourth-order valence-corrected chi connectivity index (χ4v) is 5.43. The summed E-state index contributed by atoms with van der Waals surface area (Å²) < 4.78 is 27.2. The van der Waals surface area contributed by atoms with Crippen LogP contribution < -0.4 is 5.32 Å². The number of rotatable bonds is 5. The Morgan fingerprint density at radius 1 is 0.931 bits per heavy atom. The molecule has 5 nitrogen and oxygen atoms in total. The molecule has 3 rings (SSSR count). The number of nitrogens with zero attached hydrogens (tertiary/aromatic N) is 1. The predicted molar refractivity (Wildman–Crippen MR) is 116 cm³/mol. The summed E-state index contributed by atoms with van der Waals surface area (Å²) in [4.78, 5) is 13.2. The van der Waals surface area contributed by atoms with E-state index >= 15 is 0 Å². The molecule has 2 aromatic rings. The summed E-state index contributed by atoms with van der Waals surface area (Å²) in [5, 5.41) is 3.04. The van der Waals surface area contributed by atoms with Gasteiger partial charge in [-0.15, -0.1) is 0 Å². The summed E-state index contributed by atoms with van der Waals surface area (Å²) in [5.41, 5.74) is 5.76. The van der Waals surface area contributed by atoms with Gasteiger partial charge in [-0.05, 0) is 87.4 Å². The molecular formula is C23H30N2O3S. The molecule has 1 saturated heterocycles. The maximum Gasteiger partial charge on any atom is 0.252 e. The van der Waals surface area contributed by atoms with Crippen molar-refractivity contribution < 1.29 is 13.2 Å². The molecule has 0 aliphatic carbocycles.